The summed E-state index contributed by atoms with van der Waals surface area (Å²) in [5, 5.41) is 2.67. The molecule has 0 aromatic carbocycles. The third-order valence-electron chi connectivity index (χ3n) is 2.34. The number of hydrogen-bond acceptors (Lipinski definition) is 4. The van der Waals surface area contributed by atoms with E-state index >= 15 is 0 Å². The number of carbonyl (C=O) groups excluding carboxylic acids is 1. The third kappa shape index (κ3) is 6.07. The molecule has 6 heteroatoms. The van der Waals surface area contributed by atoms with Gasteiger partial charge in [-0.3, -0.25) is 4.79 Å². The zero-order valence-corrected chi connectivity index (χ0v) is 11.2. The van der Waals surface area contributed by atoms with Crippen LogP contribution in [0.1, 0.15) is 20.8 Å². The van der Waals surface area contributed by atoms with Crippen molar-refractivity contribution in [1.29, 1.82) is 0 Å². The van der Waals surface area contributed by atoms with E-state index in [1.807, 2.05) is 13.8 Å². The Balaban J connectivity index is 4.33. The Labute approximate surface area is 97.7 Å². The van der Waals surface area contributed by atoms with E-state index in [0.29, 0.717) is 0 Å². The van der Waals surface area contributed by atoms with E-state index in [-0.39, 0.29) is 36.1 Å². The van der Waals surface area contributed by atoms with Crippen molar-refractivity contribution >= 4 is 15.7 Å². The van der Waals surface area contributed by atoms with Crippen LogP contribution in [0.4, 0.5) is 0 Å². The molecule has 0 heterocycles. The molecule has 0 bridgehead atoms. The van der Waals surface area contributed by atoms with Gasteiger partial charge in [-0.05, 0) is 12.8 Å². The number of carbonyl (C=O) groups is 1. The van der Waals surface area contributed by atoms with Crippen LogP contribution in [0.3, 0.4) is 0 Å². The number of amides is 1. The first-order valence-electron chi connectivity index (χ1n) is 5.35. The highest BCUT2D eigenvalue weighted by atomic mass is 32.2. The highest BCUT2D eigenvalue weighted by Crippen LogP contribution is 2.09. The van der Waals surface area contributed by atoms with Gasteiger partial charge in [-0.1, -0.05) is 13.8 Å². The zero-order chi connectivity index (χ0) is 12.9. The third-order valence-corrected chi connectivity index (χ3v) is 3.44. The maximum Gasteiger partial charge on any atom is 0.224 e. The highest BCUT2D eigenvalue weighted by molar-refractivity contribution is 7.90. The van der Waals surface area contributed by atoms with Gasteiger partial charge in [0.15, 0.2) is 0 Å². The molecule has 0 rings (SSSR count). The first-order chi connectivity index (χ1) is 7.17. The molecular weight excluding hydrogens is 228 g/mol. The summed E-state index contributed by atoms with van der Waals surface area (Å²) in [6.45, 7) is 5.78. The fourth-order valence-electron chi connectivity index (χ4n) is 1.53. The van der Waals surface area contributed by atoms with Crippen LogP contribution in [0, 0.1) is 11.8 Å². The molecule has 0 fully saturated rings. The van der Waals surface area contributed by atoms with E-state index in [1.54, 1.807) is 6.92 Å². The molecule has 5 nitrogen and oxygen atoms in total. The van der Waals surface area contributed by atoms with Crippen molar-refractivity contribution in [3.8, 4) is 0 Å². The molecule has 2 atom stereocenters. The Morgan fingerprint density at radius 1 is 1.31 bits per heavy atom. The van der Waals surface area contributed by atoms with Crippen molar-refractivity contribution in [2.24, 2.45) is 17.6 Å². The molecule has 0 aliphatic carbocycles. The largest absolute Gasteiger partial charge is 0.352 e. The van der Waals surface area contributed by atoms with E-state index in [9.17, 15) is 13.2 Å². The monoisotopic (exact) mass is 250 g/mol. The first-order valence-corrected chi connectivity index (χ1v) is 7.41. The van der Waals surface area contributed by atoms with Crippen LogP contribution in [-0.4, -0.2) is 38.9 Å². The molecule has 16 heavy (non-hydrogen) atoms. The minimum atomic E-state index is -3.07. The predicted molar refractivity (Wildman–Crippen MR) is 64.7 cm³/mol. The predicted octanol–water partition coefficient (Wildman–Crippen LogP) is -0.233. The van der Waals surface area contributed by atoms with Crippen LogP contribution < -0.4 is 11.1 Å². The minimum absolute atomic E-state index is 0.0475. The summed E-state index contributed by atoms with van der Waals surface area (Å²) in [5.41, 5.74) is 5.50. The van der Waals surface area contributed by atoms with Gasteiger partial charge in [0.05, 0.1) is 11.7 Å². The van der Waals surface area contributed by atoms with Crippen LogP contribution in [0.25, 0.3) is 0 Å². The fraction of sp³-hybridized carbons (Fsp3) is 0.900. The number of hydrogen-bond donors (Lipinski definition) is 2. The van der Waals surface area contributed by atoms with Crippen molar-refractivity contribution in [3.63, 3.8) is 0 Å². The first kappa shape index (κ1) is 15.4. The molecule has 0 aliphatic rings. The molecule has 0 aromatic heterocycles. The average molecular weight is 250 g/mol. The standard InChI is InChI=1S/C10H22N2O3S/c1-7(2)9(5-11)10(13)12-8(3)6-16(4,14)15/h7-9H,5-6,11H2,1-4H3,(H,12,13). The van der Waals surface area contributed by atoms with Gasteiger partial charge in [-0.2, -0.15) is 0 Å². The van der Waals surface area contributed by atoms with Gasteiger partial charge in [0.1, 0.15) is 9.84 Å². The second-order valence-electron chi connectivity index (χ2n) is 4.59. The van der Waals surface area contributed by atoms with Crippen LogP contribution in [-0.2, 0) is 14.6 Å². The molecule has 1 amide bonds. The second kappa shape index (κ2) is 6.20. The van der Waals surface area contributed by atoms with E-state index in [4.69, 9.17) is 5.73 Å². The lowest BCUT2D eigenvalue weighted by Crippen LogP contribution is -2.44. The quantitative estimate of drug-likeness (QED) is 0.681. The van der Waals surface area contributed by atoms with Gasteiger partial charge in [0.2, 0.25) is 5.91 Å². The number of rotatable bonds is 6. The van der Waals surface area contributed by atoms with Gasteiger partial charge in [-0.25, -0.2) is 8.42 Å². The van der Waals surface area contributed by atoms with Gasteiger partial charge in [0.25, 0.3) is 0 Å². The summed E-state index contributed by atoms with van der Waals surface area (Å²) in [7, 11) is -3.07. The molecular formula is C10H22N2O3S. The van der Waals surface area contributed by atoms with E-state index in [0.717, 1.165) is 6.26 Å². The molecule has 0 radical (unpaired) electrons. The summed E-state index contributed by atoms with van der Waals surface area (Å²) in [6.07, 6.45) is 1.15. The molecule has 3 N–H and O–H groups in total. The summed E-state index contributed by atoms with van der Waals surface area (Å²) < 4.78 is 22.0. The van der Waals surface area contributed by atoms with Crippen molar-refractivity contribution in [3.05, 3.63) is 0 Å². The van der Waals surface area contributed by atoms with E-state index in [2.05, 4.69) is 5.32 Å². The zero-order valence-electron chi connectivity index (χ0n) is 10.4. The Bertz CT molecular complexity index is 325. The van der Waals surface area contributed by atoms with Crippen molar-refractivity contribution in [2.75, 3.05) is 18.6 Å². The smallest absolute Gasteiger partial charge is 0.224 e. The summed E-state index contributed by atoms with van der Waals surface area (Å²) in [4.78, 5) is 11.7. The lowest BCUT2D eigenvalue weighted by molar-refractivity contribution is -0.126. The Morgan fingerprint density at radius 3 is 2.12 bits per heavy atom. The molecule has 0 aromatic rings. The van der Waals surface area contributed by atoms with E-state index < -0.39 is 9.84 Å². The van der Waals surface area contributed by atoms with Crippen molar-refractivity contribution in [1.82, 2.24) is 5.32 Å². The Hall–Kier alpha value is -0.620. The molecule has 96 valence electrons. The van der Waals surface area contributed by atoms with Crippen LogP contribution >= 0.6 is 0 Å². The maximum absolute atomic E-state index is 11.7. The SMILES string of the molecule is CC(CS(C)(=O)=O)NC(=O)C(CN)C(C)C. The summed E-state index contributed by atoms with van der Waals surface area (Å²) in [5.74, 6) is -0.334. The molecule has 2 unspecified atom stereocenters. The Morgan fingerprint density at radius 2 is 1.81 bits per heavy atom. The normalized spacial score (nSPS) is 15.9. The second-order valence-corrected chi connectivity index (χ2v) is 6.77. The summed E-state index contributed by atoms with van der Waals surface area (Å²) in [6, 6.07) is -0.379. The molecule has 0 spiro atoms. The topological polar surface area (TPSA) is 89.3 Å². The van der Waals surface area contributed by atoms with Gasteiger partial charge < -0.3 is 11.1 Å². The minimum Gasteiger partial charge on any atom is -0.352 e. The Kier molecular flexibility index (Phi) is 5.96. The molecule has 0 saturated carbocycles. The van der Waals surface area contributed by atoms with Gasteiger partial charge >= 0.3 is 0 Å². The highest BCUT2D eigenvalue weighted by Gasteiger charge is 2.22. The van der Waals surface area contributed by atoms with Crippen LogP contribution in [0.5, 0.6) is 0 Å². The van der Waals surface area contributed by atoms with Crippen LogP contribution in [0.2, 0.25) is 0 Å². The fourth-order valence-corrected chi connectivity index (χ4v) is 2.52. The lowest BCUT2D eigenvalue weighted by Gasteiger charge is -2.21. The molecule has 0 saturated heterocycles. The lowest BCUT2D eigenvalue weighted by atomic mass is 9.95. The molecule has 0 aliphatic heterocycles. The van der Waals surface area contributed by atoms with Crippen molar-refractivity contribution < 1.29 is 13.2 Å². The maximum atomic E-state index is 11.7. The van der Waals surface area contributed by atoms with Gasteiger partial charge in [-0.15, -0.1) is 0 Å². The average Bonchev–Trinajstić information content (AvgIpc) is 1.99. The van der Waals surface area contributed by atoms with E-state index in [1.165, 1.54) is 0 Å². The van der Waals surface area contributed by atoms with Gasteiger partial charge in [0, 0.05) is 18.8 Å². The number of nitrogens with two attached hydrogens (primary N) is 1. The van der Waals surface area contributed by atoms with Crippen LogP contribution in [0.15, 0.2) is 0 Å². The summed E-state index contributed by atoms with van der Waals surface area (Å²) >= 11 is 0. The number of nitrogens with one attached hydrogen (secondary N) is 1. The number of sulfone groups is 1. The van der Waals surface area contributed by atoms with Crippen molar-refractivity contribution in [2.45, 2.75) is 26.8 Å².